The number of nitro groups is 1. The predicted molar refractivity (Wildman–Crippen MR) is 81.3 cm³/mol. The summed E-state index contributed by atoms with van der Waals surface area (Å²) in [6.45, 7) is 0.760. The SMILES string of the molecule is COc1cc(NCC2CCCCC2)c([N+](=O)[O-])cc1OC. The third kappa shape index (κ3) is 3.77. The van der Waals surface area contributed by atoms with E-state index in [0.717, 1.165) is 6.54 Å². The number of hydrogen-bond donors (Lipinski definition) is 1. The van der Waals surface area contributed by atoms with E-state index in [0.29, 0.717) is 23.1 Å². The highest BCUT2D eigenvalue weighted by Crippen LogP contribution is 2.38. The van der Waals surface area contributed by atoms with Crippen LogP contribution in [0.15, 0.2) is 12.1 Å². The van der Waals surface area contributed by atoms with Crippen molar-refractivity contribution in [2.45, 2.75) is 32.1 Å². The normalized spacial score (nSPS) is 15.5. The van der Waals surface area contributed by atoms with Gasteiger partial charge >= 0.3 is 0 Å². The first kappa shape index (κ1) is 15.4. The van der Waals surface area contributed by atoms with E-state index in [1.54, 1.807) is 6.07 Å². The lowest BCUT2D eigenvalue weighted by Crippen LogP contribution is -2.17. The smallest absolute Gasteiger partial charge is 0.296 e. The number of anilines is 1. The first-order valence-electron chi connectivity index (χ1n) is 7.30. The summed E-state index contributed by atoms with van der Waals surface area (Å²) < 4.78 is 10.3. The second-order valence-electron chi connectivity index (χ2n) is 5.37. The molecule has 0 unspecified atom stereocenters. The number of benzene rings is 1. The van der Waals surface area contributed by atoms with E-state index >= 15 is 0 Å². The topological polar surface area (TPSA) is 73.6 Å². The highest BCUT2D eigenvalue weighted by molar-refractivity contribution is 5.68. The van der Waals surface area contributed by atoms with Crippen LogP contribution >= 0.6 is 0 Å². The van der Waals surface area contributed by atoms with Gasteiger partial charge < -0.3 is 14.8 Å². The van der Waals surface area contributed by atoms with Crippen molar-refractivity contribution in [2.75, 3.05) is 26.1 Å². The minimum Gasteiger partial charge on any atom is -0.493 e. The van der Waals surface area contributed by atoms with Gasteiger partial charge in [0.05, 0.1) is 25.2 Å². The predicted octanol–water partition coefficient (Wildman–Crippen LogP) is 3.60. The molecule has 0 atom stereocenters. The van der Waals surface area contributed by atoms with E-state index in [9.17, 15) is 10.1 Å². The molecule has 1 saturated carbocycles. The van der Waals surface area contributed by atoms with Gasteiger partial charge in [0.25, 0.3) is 5.69 Å². The van der Waals surface area contributed by atoms with Gasteiger partial charge in [-0.15, -0.1) is 0 Å². The van der Waals surface area contributed by atoms with Gasteiger partial charge in [0.2, 0.25) is 0 Å². The summed E-state index contributed by atoms with van der Waals surface area (Å²) in [5.74, 6) is 1.45. The van der Waals surface area contributed by atoms with Crippen molar-refractivity contribution in [2.24, 2.45) is 5.92 Å². The molecule has 1 aromatic carbocycles. The van der Waals surface area contributed by atoms with Crippen LogP contribution in [0.3, 0.4) is 0 Å². The molecule has 6 nitrogen and oxygen atoms in total. The molecule has 21 heavy (non-hydrogen) atoms. The second-order valence-corrected chi connectivity index (χ2v) is 5.37. The van der Waals surface area contributed by atoms with Crippen molar-refractivity contribution in [1.82, 2.24) is 0 Å². The maximum atomic E-state index is 11.2. The van der Waals surface area contributed by atoms with Crippen LogP contribution in [0.1, 0.15) is 32.1 Å². The van der Waals surface area contributed by atoms with Gasteiger partial charge in [-0.05, 0) is 18.8 Å². The summed E-state index contributed by atoms with van der Waals surface area (Å²) >= 11 is 0. The van der Waals surface area contributed by atoms with Gasteiger partial charge in [-0.1, -0.05) is 19.3 Å². The van der Waals surface area contributed by atoms with Gasteiger partial charge in [-0.25, -0.2) is 0 Å². The molecule has 0 aliphatic heterocycles. The second kappa shape index (κ2) is 7.15. The Hall–Kier alpha value is -1.98. The molecule has 0 aromatic heterocycles. The van der Waals surface area contributed by atoms with Crippen LogP contribution in [0.4, 0.5) is 11.4 Å². The van der Waals surface area contributed by atoms with E-state index in [-0.39, 0.29) is 5.69 Å². The zero-order valence-electron chi connectivity index (χ0n) is 12.6. The van der Waals surface area contributed by atoms with Crippen LogP contribution in [0.2, 0.25) is 0 Å². The Morgan fingerprint density at radius 3 is 2.38 bits per heavy atom. The number of nitro benzene ring substituents is 1. The first-order chi connectivity index (χ1) is 10.2. The molecule has 1 fully saturated rings. The Morgan fingerprint density at radius 1 is 1.19 bits per heavy atom. The van der Waals surface area contributed by atoms with Crippen molar-refractivity contribution in [3.05, 3.63) is 22.2 Å². The van der Waals surface area contributed by atoms with Crippen LogP contribution < -0.4 is 14.8 Å². The van der Waals surface area contributed by atoms with Crippen molar-refractivity contribution in [3.63, 3.8) is 0 Å². The van der Waals surface area contributed by atoms with E-state index in [4.69, 9.17) is 9.47 Å². The molecule has 0 spiro atoms. The summed E-state index contributed by atoms with van der Waals surface area (Å²) in [6.07, 6.45) is 6.18. The molecule has 0 radical (unpaired) electrons. The van der Waals surface area contributed by atoms with Crippen LogP contribution in [0.25, 0.3) is 0 Å². The Bertz CT molecular complexity index is 499. The summed E-state index contributed by atoms with van der Waals surface area (Å²) in [7, 11) is 2.99. The lowest BCUT2D eigenvalue weighted by atomic mass is 9.89. The van der Waals surface area contributed by atoms with Crippen molar-refractivity contribution in [3.8, 4) is 11.5 Å². The fourth-order valence-corrected chi connectivity index (χ4v) is 2.81. The average molecular weight is 294 g/mol. The molecule has 6 heteroatoms. The summed E-state index contributed by atoms with van der Waals surface area (Å²) in [5, 5.41) is 14.4. The monoisotopic (exact) mass is 294 g/mol. The highest BCUT2D eigenvalue weighted by atomic mass is 16.6. The zero-order valence-corrected chi connectivity index (χ0v) is 12.6. The third-order valence-electron chi connectivity index (χ3n) is 4.00. The summed E-state index contributed by atoms with van der Waals surface area (Å²) in [4.78, 5) is 10.8. The first-order valence-corrected chi connectivity index (χ1v) is 7.30. The van der Waals surface area contributed by atoms with Gasteiger partial charge in [0.1, 0.15) is 5.69 Å². The average Bonchev–Trinajstić information content (AvgIpc) is 2.52. The fourth-order valence-electron chi connectivity index (χ4n) is 2.81. The molecule has 2 rings (SSSR count). The van der Waals surface area contributed by atoms with Crippen LogP contribution in [-0.4, -0.2) is 25.7 Å². The van der Waals surface area contributed by atoms with Gasteiger partial charge in [-0.3, -0.25) is 10.1 Å². The molecule has 1 N–H and O–H groups in total. The van der Waals surface area contributed by atoms with Gasteiger partial charge in [-0.2, -0.15) is 0 Å². The lowest BCUT2D eigenvalue weighted by Gasteiger charge is -2.22. The number of rotatable bonds is 6. The molecule has 0 saturated heterocycles. The van der Waals surface area contributed by atoms with Gasteiger partial charge in [0.15, 0.2) is 11.5 Å². The van der Waals surface area contributed by atoms with Crippen LogP contribution in [-0.2, 0) is 0 Å². The minimum absolute atomic E-state index is 0.0171. The highest BCUT2D eigenvalue weighted by Gasteiger charge is 2.21. The van der Waals surface area contributed by atoms with E-state index < -0.39 is 4.92 Å². The molecule has 0 bridgehead atoms. The quantitative estimate of drug-likeness (QED) is 0.641. The van der Waals surface area contributed by atoms with Gasteiger partial charge in [0, 0.05) is 12.6 Å². The molecule has 0 heterocycles. The van der Waals surface area contributed by atoms with Crippen molar-refractivity contribution in [1.29, 1.82) is 0 Å². The molecule has 0 amide bonds. The number of methoxy groups -OCH3 is 2. The largest absolute Gasteiger partial charge is 0.493 e. The third-order valence-corrected chi connectivity index (χ3v) is 4.00. The molecule has 1 aliphatic rings. The molecule has 116 valence electrons. The Kier molecular flexibility index (Phi) is 5.25. The van der Waals surface area contributed by atoms with E-state index in [2.05, 4.69) is 5.32 Å². The minimum atomic E-state index is -0.398. The molecular formula is C15H22N2O4. The summed E-state index contributed by atoms with van der Waals surface area (Å²) in [5.41, 5.74) is 0.506. The van der Waals surface area contributed by atoms with Crippen molar-refractivity contribution < 1.29 is 14.4 Å². The number of nitrogens with zero attached hydrogens (tertiary/aromatic N) is 1. The van der Waals surface area contributed by atoms with Crippen LogP contribution in [0, 0.1) is 16.0 Å². The molecular weight excluding hydrogens is 272 g/mol. The maximum absolute atomic E-state index is 11.2. The Labute approximate surface area is 124 Å². The Morgan fingerprint density at radius 2 is 1.81 bits per heavy atom. The number of hydrogen-bond acceptors (Lipinski definition) is 5. The van der Waals surface area contributed by atoms with E-state index in [1.807, 2.05) is 0 Å². The fraction of sp³-hybridized carbons (Fsp3) is 0.600. The maximum Gasteiger partial charge on any atom is 0.296 e. The molecule has 1 aliphatic carbocycles. The lowest BCUT2D eigenvalue weighted by molar-refractivity contribution is -0.384. The zero-order chi connectivity index (χ0) is 15.2. The number of nitrogens with one attached hydrogen (secondary N) is 1. The Balaban J connectivity index is 2.17. The number of ether oxygens (including phenoxy) is 2. The van der Waals surface area contributed by atoms with Crippen LogP contribution in [0.5, 0.6) is 11.5 Å². The van der Waals surface area contributed by atoms with E-state index in [1.165, 1.54) is 52.4 Å². The summed E-state index contributed by atoms with van der Waals surface area (Å²) in [6, 6.07) is 3.04. The standard InChI is InChI=1S/C15H22N2O4/c1-20-14-8-12(13(17(18)19)9-15(14)21-2)16-10-11-6-4-3-5-7-11/h8-9,11,16H,3-7,10H2,1-2H3. The van der Waals surface area contributed by atoms with Crippen molar-refractivity contribution >= 4 is 11.4 Å². The molecule has 1 aromatic rings.